The molecule has 0 aliphatic carbocycles. The minimum atomic E-state index is -2.68. The highest BCUT2D eigenvalue weighted by Gasteiger charge is 2.59. The number of nitrogens with zero attached hydrogens (tertiary/aromatic N) is 1. The molecule has 6 aromatic carbocycles. The van der Waals surface area contributed by atoms with Crippen molar-refractivity contribution in [2.24, 2.45) is 0 Å². The number of hydrogen-bond acceptors (Lipinski definition) is 1. The van der Waals surface area contributed by atoms with Crippen molar-refractivity contribution in [3.63, 3.8) is 0 Å². The van der Waals surface area contributed by atoms with Gasteiger partial charge in [0.05, 0.1) is 0 Å². The molecule has 0 saturated heterocycles. The molecule has 0 bridgehead atoms. The van der Waals surface area contributed by atoms with Gasteiger partial charge in [-0.15, -0.1) is 0 Å². The van der Waals surface area contributed by atoms with E-state index in [4.69, 9.17) is 0 Å². The van der Waals surface area contributed by atoms with Gasteiger partial charge in [0.1, 0.15) is 0 Å². The molecule has 0 fully saturated rings. The average Bonchev–Trinajstić information content (AvgIpc) is 3.10. The largest absolute Gasteiger partial charge is 0.347 e. The molecule has 0 aliphatic heterocycles. The zero-order valence-corrected chi connectivity index (χ0v) is 28.3. The molecular weight excluding hydrogens is 567 g/mol. The Morgan fingerprint density at radius 2 is 0.395 bits per heavy atom. The molecule has 4 heteroatoms. The summed E-state index contributed by atoms with van der Waals surface area (Å²) >= 11 is 0. The predicted molar refractivity (Wildman–Crippen MR) is 193 cm³/mol. The first-order chi connectivity index (χ1) is 21.0. The van der Waals surface area contributed by atoms with Gasteiger partial charge in [-0.05, 0) is 50.8 Å². The topological polar surface area (TPSA) is 3.24 Å². The summed E-state index contributed by atoms with van der Waals surface area (Å²) in [5.41, 5.74) is 0. The molecule has 0 radical (unpaired) electrons. The van der Waals surface area contributed by atoms with E-state index in [0.717, 1.165) is 0 Å². The zero-order valence-electron chi connectivity index (χ0n) is 25.3. The second-order valence-electron chi connectivity index (χ2n) is 11.7. The maximum absolute atomic E-state index is 3.20. The lowest BCUT2D eigenvalue weighted by Crippen LogP contribution is -2.91. The van der Waals surface area contributed by atoms with Crippen molar-refractivity contribution in [2.75, 3.05) is 0 Å². The van der Waals surface area contributed by atoms with Crippen LogP contribution in [0.3, 0.4) is 0 Å². The Morgan fingerprint density at radius 1 is 0.256 bits per heavy atom. The van der Waals surface area contributed by atoms with E-state index in [2.05, 4.69) is 206 Å². The van der Waals surface area contributed by atoms with Gasteiger partial charge in [-0.2, -0.15) is 0 Å². The third-order valence-corrected chi connectivity index (χ3v) is 28.8. The van der Waals surface area contributed by atoms with Gasteiger partial charge < -0.3 is 3.90 Å². The van der Waals surface area contributed by atoms with Crippen molar-refractivity contribution in [1.82, 2.24) is 3.90 Å². The standard InChI is InChI=1S/C39H39NSi3/c1-41(34-22-10-4-11-23-34,35-24-12-5-13-25-35)40(42(2,36-26-14-6-15-27-36)37-28-16-7-17-29-37)43(3,38-30-18-8-19-31-38)39-32-20-9-21-33-39/h4-33H,1-3H3. The van der Waals surface area contributed by atoms with Gasteiger partial charge in [-0.25, -0.2) is 0 Å². The average molecular weight is 606 g/mol. The maximum atomic E-state index is 3.20. The second kappa shape index (κ2) is 12.3. The Hall–Kier alpha value is -4.07. The summed E-state index contributed by atoms with van der Waals surface area (Å²) in [5, 5.41) is 8.65. The molecule has 0 unspecified atom stereocenters. The lowest BCUT2D eigenvalue weighted by atomic mass is 10.4. The molecule has 0 heterocycles. The number of rotatable bonds is 9. The molecule has 0 aliphatic rings. The zero-order chi connectivity index (χ0) is 29.8. The van der Waals surface area contributed by atoms with Crippen molar-refractivity contribution in [2.45, 2.75) is 19.6 Å². The van der Waals surface area contributed by atoms with Crippen molar-refractivity contribution in [1.29, 1.82) is 0 Å². The molecule has 0 aromatic heterocycles. The van der Waals surface area contributed by atoms with Crippen LogP contribution in [-0.4, -0.2) is 28.6 Å². The fourth-order valence-electron chi connectivity index (χ4n) is 7.19. The Kier molecular flexibility index (Phi) is 8.28. The first kappa shape index (κ1) is 29.0. The van der Waals surface area contributed by atoms with E-state index in [1.165, 1.54) is 31.1 Å². The van der Waals surface area contributed by atoms with Crippen molar-refractivity contribution >= 4 is 55.8 Å². The van der Waals surface area contributed by atoms with Crippen LogP contribution in [0.5, 0.6) is 0 Å². The lowest BCUT2D eigenvalue weighted by Gasteiger charge is -2.59. The first-order valence-corrected chi connectivity index (χ1v) is 22.5. The molecule has 212 valence electrons. The summed E-state index contributed by atoms with van der Waals surface area (Å²) in [6.07, 6.45) is 0. The van der Waals surface area contributed by atoms with E-state index >= 15 is 0 Å². The number of benzene rings is 6. The van der Waals surface area contributed by atoms with Gasteiger partial charge >= 0.3 is 0 Å². The molecule has 1 nitrogen and oxygen atoms in total. The molecule has 0 atom stereocenters. The van der Waals surface area contributed by atoms with E-state index in [9.17, 15) is 0 Å². The Morgan fingerprint density at radius 3 is 0.535 bits per heavy atom. The van der Waals surface area contributed by atoms with Gasteiger partial charge in [0.15, 0.2) is 24.7 Å². The molecular formula is C39H39NSi3. The van der Waals surface area contributed by atoms with Crippen molar-refractivity contribution in [3.05, 3.63) is 182 Å². The van der Waals surface area contributed by atoms with Crippen LogP contribution in [0.25, 0.3) is 0 Å². The smallest absolute Gasteiger partial charge is 0.177 e. The van der Waals surface area contributed by atoms with E-state index in [0.29, 0.717) is 0 Å². The van der Waals surface area contributed by atoms with Crippen LogP contribution in [-0.2, 0) is 0 Å². The normalized spacial score (nSPS) is 12.3. The van der Waals surface area contributed by atoms with Gasteiger partial charge in [-0.3, -0.25) is 0 Å². The molecule has 0 spiro atoms. The fourth-order valence-corrected chi connectivity index (χ4v) is 30.2. The van der Waals surface area contributed by atoms with E-state index in [1.807, 2.05) is 0 Å². The molecule has 0 amide bonds. The molecule has 43 heavy (non-hydrogen) atoms. The minimum absolute atomic E-state index is 1.44. The lowest BCUT2D eigenvalue weighted by molar-refractivity contribution is 0.958. The summed E-state index contributed by atoms with van der Waals surface area (Å²) in [7, 11) is -8.03. The third kappa shape index (κ3) is 5.11. The molecule has 0 saturated carbocycles. The quantitative estimate of drug-likeness (QED) is 0.198. The molecule has 6 rings (SSSR count). The van der Waals surface area contributed by atoms with E-state index in [1.54, 1.807) is 0 Å². The molecule has 0 N–H and O–H groups in total. The summed E-state index contributed by atoms with van der Waals surface area (Å²) in [6, 6.07) is 68.4. The first-order valence-electron chi connectivity index (χ1n) is 15.1. The highest BCUT2D eigenvalue weighted by Crippen LogP contribution is 2.29. The summed E-state index contributed by atoms with van der Waals surface area (Å²) < 4.78 is 3.20. The summed E-state index contributed by atoms with van der Waals surface area (Å²) in [6.45, 7) is 7.85. The summed E-state index contributed by atoms with van der Waals surface area (Å²) in [4.78, 5) is 0. The van der Waals surface area contributed by atoms with Crippen LogP contribution in [0.15, 0.2) is 182 Å². The van der Waals surface area contributed by atoms with E-state index < -0.39 is 24.7 Å². The van der Waals surface area contributed by atoms with Crippen LogP contribution in [0, 0.1) is 0 Å². The Labute approximate surface area is 260 Å². The van der Waals surface area contributed by atoms with Gasteiger partial charge in [-0.1, -0.05) is 182 Å². The highest BCUT2D eigenvalue weighted by atomic mass is 28.5. The SMILES string of the molecule is C[Si](c1ccccc1)(c1ccccc1)N([Si](C)(c1ccccc1)c1ccccc1)[Si](C)(c1ccccc1)c1ccccc1. The van der Waals surface area contributed by atoms with Gasteiger partial charge in [0, 0.05) is 0 Å². The minimum Gasteiger partial charge on any atom is -0.347 e. The van der Waals surface area contributed by atoms with E-state index in [-0.39, 0.29) is 0 Å². The maximum Gasteiger partial charge on any atom is 0.177 e. The highest BCUT2D eigenvalue weighted by molar-refractivity contribution is 7.25. The van der Waals surface area contributed by atoms with Crippen LogP contribution in [0.4, 0.5) is 0 Å². The van der Waals surface area contributed by atoms with Crippen LogP contribution >= 0.6 is 0 Å². The Balaban J connectivity index is 1.83. The van der Waals surface area contributed by atoms with Crippen LogP contribution < -0.4 is 31.1 Å². The van der Waals surface area contributed by atoms with Crippen LogP contribution in [0.2, 0.25) is 19.6 Å². The van der Waals surface area contributed by atoms with Gasteiger partial charge in [0.2, 0.25) is 0 Å². The fraction of sp³-hybridized carbons (Fsp3) is 0.0769. The third-order valence-electron chi connectivity index (χ3n) is 9.36. The molecule has 6 aromatic rings. The Bertz CT molecular complexity index is 1400. The summed E-state index contributed by atoms with van der Waals surface area (Å²) in [5.74, 6) is 0. The predicted octanol–water partition coefficient (Wildman–Crippen LogP) is 5.46. The van der Waals surface area contributed by atoms with Crippen LogP contribution in [0.1, 0.15) is 0 Å². The number of hydrogen-bond donors (Lipinski definition) is 0. The van der Waals surface area contributed by atoms with Crippen molar-refractivity contribution < 1.29 is 0 Å². The monoisotopic (exact) mass is 605 g/mol. The second-order valence-corrected chi connectivity index (χ2v) is 24.3. The van der Waals surface area contributed by atoms with Crippen molar-refractivity contribution in [3.8, 4) is 0 Å². The van der Waals surface area contributed by atoms with Gasteiger partial charge in [0.25, 0.3) is 0 Å².